The molecule has 0 bridgehead atoms. The summed E-state index contributed by atoms with van der Waals surface area (Å²) in [4.78, 5) is 18.6. The van der Waals surface area contributed by atoms with Crippen molar-refractivity contribution in [3.63, 3.8) is 0 Å². The lowest BCUT2D eigenvalue weighted by Gasteiger charge is -2.32. The molecule has 1 aliphatic heterocycles. The first-order chi connectivity index (χ1) is 11.3. The van der Waals surface area contributed by atoms with Crippen molar-refractivity contribution >= 4 is 5.91 Å². The Hall–Kier alpha value is -2.30. The first-order valence-electron chi connectivity index (χ1n) is 8.24. The summed E-state index contributed by atoms with van der Waals surface area (Å²) in [6.45, 7) is 5.23. The Balaban J connectivity index is 1.53. The van der Waals surface area contributed by atoms with Crippen LogP contribution in [-0.2, 0) is 6.54 Å². The van der Waals surface area contributed by atoms with Crippen molar-refractivity contribution in [2.24, 2.45) is 5.92 Å². The van der Waals surface area contributed by atoms with Crippen LogP contribution in [0.25, 0.3) is 0 Å². The summed E-state index contributed by atoms with van der Waals surface area (Å²) in [5.74, 6) is 1.55. The van der Waals surface area contributed by atoms with Crippen molar-refractivity contribution in [1.29, 1.82) is 0 Å². The zero-order valence-electron chi connectivity index (χ0n) is 13.5. The van der Waals surface area contributed by atoms with E-state index in [1.54, 1.807) is 0 Å². The molecule has 1 aliphatic rings. The average molecular weight is 313 g/mol. The summed E-state index contributed by atoms with van der Waals surface area (Å²) in [7, 11) is 0. The van der Waals surface area contributed by atoms with E-state index in [9.17, 15) is 4.79 Å². The van der Waals surface area contributed by atoms with Gasteiger partial charge < -0.3 is 14.2 Å². The van der Waals surface area contributed by atoms with Gasteiger partial charge in [0.15, 0.2) is 0 Å². The molecule has 23 heavy (non-hydrogen) atoms. The first kappa shape index (κ1) is 15.6. The monoisotopic (exact) mass is 313 g/mol. The molecule has 3 rings (SSSR count). The number of benzene rings is 1. The number of ether oxygens (including phenoxy) is 1. The van der Waals surface area contributed by atoms with Crippen molar-refractivity contribution in [3.8, 4) is 5.75 Å². The van der Waals surface area contributed by atoms with Gasteiger partial charge in [-0.05, 0) is 49.9 Å². The normalized spacial score (nSPS) is 15.6. The first-order valence-corrected chi connectivity index (χ1v) is 8.24. The number of rotatable bonds is 5. The molecule has 1 fully saturated rings. The molecule has 0 aliphatic carbocycles. The van der Waals surface area contributed by atoms with E-state index in [4.69, 9.17) is 4.74 Å². The highest BCUT2D eigenvalue weighted by molar-refractivity contribution is 5.94. The third-order valence-corrected chi connectivity index (χ3v) is 4.34. The fourth-order valence-electron chi connectivity index (χ4n) is 3.05. The minimum absolute atomic E-state index is 0.120. The highest BCUT2D eigenvalue weighted by Gasteiger charge is 2.23. The lowest BCUT2D eigenvalue weighted by molar-refractivity contribution is 0.0683. The van der Waals surface area contributed by atoms with E-state index in [2.05, 4.69) is 9.55 Å². The van der Waals surface area contributed by atoms with Gasteiger partial charge in [-0.15, -0.1) is 0 Å². The molecule has 2 heterocycles. The average Bonchev–Trinajstić information content (AvgIpc) is 3.09. The fraction of sp³-hybridized carbons (Fsp3) is 0.444. The SMILES string of the molecule is CCOc1ccc(C(=O)N2CCC(Cn3ccnc3)CC2)cc1. The van der Waals surface area contributed by atoms with Crippen LogP contribution in [0.5, 0.6) is 5.75 Å². The van der Waals surface area contributed by atoms with E-state index in [0.29, 0.717) is 12.5 Å². The van der Waals surface area contributed by atoms with Crippen LogP contribution in [0.2, 0.25) is 0 Å². The molecule has 0 spiro atoms. The molecule has 1 aromatic carbocycles. The van der Waals surface area contributed by atoms with Gasteiger partial charge in [-0.2, -0.15) is 0 Å². The molecule has 0 saturated carbocycles. The predicted molar refractivity (Wildman–Crippen MR) is 88.5 cm³/mol. The summed E-state index contributed by atoms with van der Waals surface area (Å²) >= 11 is 0. The Morgan fingerprint density at radius 1 is 1.26 bits per heavy atom. The number of carbonyl (C=O) groups is 1. The number of carbonyl (C=O) groups excluding carboxylic acids is 1. The van der Waals surface area contributed by atoms with Crippen LogP contribution >= 0.6 is 0 Å². The number of hydrogen-bond acceptors (Lipinski definition) is 3. The molecular weight excluding hydrogens is 290 g/mol. The topological polar surface area (TPSA) is 47.4 Å². The minimum Gasteiger partial charge on any atom is -0.494 e. The van der Waals surface area contributed by atoms with Gasteiger partial charge in [-0.1, -0.05) is 0 Å². The van der Waals surface area contributed by atoms with Gasteiger partial charge in [-0.3, -0.25) is 4.79 Å². The maximum atomic E-state index is 12.6. The number of piperidine rings is 1. The molecule has 0 atom stereocenters. The van der Waals surface area contributed by atoms with Crippen molar-refractivity contribution < 1.29 is 9.53 Å². The highest BCUT2D eigenvalue weighted by atomic mass is 16.5. The molecule has 5 nitrogen and oxygen atoms in total. The minimum atomic E-state index is 0.120. The second-order valence-corrected chi connectivity index (χ2v) is 5.95. The van der Waals surface area contributed by atoms with Crippen LogP contribution in [-0.4, -0.2) is 40.1 Å². The van der Waals surface area contributed by atoms with Gasteiger partial charge in [0.1, 0.15) is 5.75 Å². The van der Waals surface area contributed by atoms with E-state index in [1.165, 1.54) is 0 Å². The molecule has 1 saturated heterocycles. The molecular formula is C18H23N3O2. The summed E-state index contributed by atoms with van der Waals surface area (Å²) in [5, 5.41) is 0. The molecule has 0 radical (unpaired) electrons. The predicted octanol–water partition coefficient (Wildman–Crippen LogP) is 2.83. The standard InChI is InChI=1S/C18H23N3O2/c1-2-23-17-5-3-16(4-6-17)18(22)21-10-7-15(8-11-21)13-20-12-9-19-14-20/h3-6,9,12,14-15H,2,7-8,10-11,13H2,1H3. The zero-order valence-corrected chi connectivity index (χ0v) is 13.5. The number of aromatic nitrogens is 2. The molecule has 1 aromatic heterocycles. The smallest absolute Gasteiger partial charge is 0.253 e. The van der Waals surface area contributed by atoms with Crippen LogP contribution in [0.3, 0.4) is 0 Å². The molecule has 0 N–H and O–H groups in total. The van der Waals surface area contributed by atoms with E-state index >= 15 is 0 Å². The van der Waals surface area contributed by atoms with Crippen LogP contribution < -0.4 is 4.74 Å². The van der Waals surface area contributed by atoms with Gasteiger partial charge in [0, 0.05) is 37.6 Å². The van der Waals surface area contributed by atoms with E-state index < -0.39 is 0 Å². The maximum Gasteiger partial charge on any atom is 0.253 e. The number of hydrogen-bond donors (Lipinski definition) is 0. The second kappa shape index (κ2) is 7.31. The lowest BCUT2D eigenvalue weighted by atomic mass is 9.96. The number of likely N-dealkylation sites (tertiary alicyclic amines) is 1. The van der Waals surface area contributed by atoms with Gasteiger partial charge >= 0.3 is 0 Å². The Labute approximate surface area is 136 Å². The third-order valence-electron chi connectivity index (χ3n) is 4.34. The molecule has 122 valence electrons. The van der Waals surface area contributed by atoms with Crippen LogP contribution in [0.4, 0.5) is 0 Å². The maximum absolute atomic E-state index is 12.6. The van der Waals surface area contributed by atoms with Crippen molar-refractivity contribution in [2.45, 2.75) is 26.3 Å². The Bertz CT molecular complexity index is 614. The molecule has 0 unspecified atom stereocenters. The summed E-state index contributed by atoms with van der Waals surface area (Å²) in [6.07, 6.45) is 7.75. The van der Waals surface area contributed by atoms with Crippen molar-refractivity contribution in [3.05, 3.63) is 48.5 Å². The third kappa shape index (κ3) is 3.92. The summed E-state index contributed by atoms with van der Waals surface area (Å²) in [5.41, 5.74) is 0.738. The van der Waals surface area contributed by atoms with Crippen molar-refractivity contribution in [1.82, 2.24) is 14.5 Å². The largest absolute Gasteiger partial charge is 0.494 e. The molecule has 2 aromatic rings. The summed E-state index contributed by atoms with van der Waals surface area (Å²) in [6, 6.07) is 7.43. The van der Waals surface area contributed by atoms with E-state index in [0.717, 1.165) is 43.8 Å². The summed E-state index contributed by atoms with van der Waals surface area (Å²) < 4.78 is 7.54. The number of amides is 1. The van der Waals surface area contributed by atoms with Gasteiger partial charge in [0.2, 0.25) is 0 Å². The number of imidazole rings is 1. The van der Waals surface area contributed by atoms with Gasteiger partial charge in [-0.25, -0.2) is 4.98 Å². The van der Waals surface area contributed by atoms with Crippen molar-refractivity contribution in [2.75, 3.05) is 19.7 Å². The van der Waals surface area contributed by atoms with Crippen LogP contribution in [0.1, 0.15) is 30.1 Å². The number of nitrogens with zero attached hydrogens (tertiary/aromatic N) is 3. The quantitative estimate of drug-likeness (QED) is 0.853. The van der Waals surface area contributed by atoms with E-state index in [1.807, 2.05) is 54.8 Å². The zero-order chi connectivity index (χ0) is 16.1. The Morgan fingerprint density at radius 3 is 2.61 bits per heavy atom. The Kier molecular flexibility index (Phi) is 4.95. The Morgan fingerprint density at radius 2 is 2.00 bits per heavy atom. The molecule has 1 amide bonds. The highest BCUT2D eigenvalue weighted by Crippen LogP contribution is 2.21. The van der Waals surface area contributed by atoms with Gasteiger partial charge in [0.05, 0.1) is 12.9 Å². The lowest BCUT2D eigenvalue weighted by Crippen LogP contribution is -2.39. The van der Waals surface area contributed by atoms with Gasteiger partial charge in [0.25, 0.3) is 5.91 Å². The fourth-order valence-corrected chi connectivity index (χ4v) is 3.05. The van der Waals surface area contributed by atoms with Crippen LogP contribution in [0.15, 0.2) is 43.0 Å². The second-order valence-electron chi connectivity index (χ2n) is 5.95. The molecule has 5 heteroatoms. The van der Waals surface area contributed by atoms with Crippen LogP contribution in [0, 0.1) is 5.92 Å². The van der Waals surface area contributed by atoms with E-state index in [-0.39, 0.29) is 5.91 Å².